The number of nitrogens with zero attached hydrogens (tertiary/aromatic N) is 1. The summed E-state index contributed by atoms with van der Waals surface area (Å²) in [6.07, 6.45) is 9.09. The van der Waals surface area contributed by atoms with E-state index < -0.39 is 10.0 Å². The number of hydrogen-bond donors (Lipinski definition) is 2. The molecule has 1 aromatic heterocycles. The molecule has 0 bridgehead atoms. The average Bonchev–Trinajstić information content (AvgIpc) is 2.42. The van der Waals surface area contributed by atoms with E-state index in [0.717, 1.165) is 25.7 Å². The van der Waals surface area contributed by atoms with Crippen molar-refractivity contribution in [3.05, 3.63) is 24.0 Å². The van der Waals surface area contributed by atoms with E-state index in [1.807, 2.05) is 0 Å². The van der Waals surface area contributed by atoms with E-state index in [2.05, 4.69) is 9.71 Å². The lowest BCUT2D eigenvalue weighted by Gasteiger charge is -2.20. The molecule has 6 heteroatoms. The van der Waals surface area contributed by atoms with Crippen LogP contribution in [0.2, 0.25) is 0 Å². The zero-order valence-corrected chi connectivity index (χ0v) is 12.5. The molecule has 1 saturated carbocycles. The van der Waals surface area contributed by atoms with E-state index in [-0.39, 0.29) is 10.9 Å². The van der Waals surface area contributed by atoms with E-state index in [0.29, 0.717) is 12.2 Å². The van der Waals surface area contributed by atoms with Gasteiger partial charge in [0.25, 0.3) is 0 Å². The third kappa shape index (κ3) is 4.26. The molecule has 1 fully saturated rings. The minimum Gasteiger partial charge on any atom is -0.325 e. The predicted molar refractivity (Wildman–Crippen MR) is 78.6 cm³/mol. The Morgan fingerprint density at radius 2 is 1.80 bits per heavy atom. The molecule has 3 N–H and O–H groups in total. The van der Waals surface area contributed by atoms with Crippen molar-refractivity contribution in [3.63, 3.8) is 0 Å². The summed E-state index contributed by atoms with van der Waals surface area (Å²) in [5.74, 6) is 0. The van der Waals surface area contributed by atoms with E-state index >= 15 is 0 Å². The summed E-state index contributed by atoms with van der Waals surface area (Å²) in [5.41, 5.74) is 6.15. The Kier molecular flexibility index (Phi) is 5.51. The first-order valence-electron chi connectivity index (χ1n) is 7.29. The largest absolute Gasteiger partial charge is 0.325 e. The molecular formula is C14H23N3O2S. The summed E-state index contributed by atoms with van der Waals surface area (Å²) in [5, 5.41) is 0. The van der Waals surface area contributed by atoms with Gasteiger partial charge in [0.2, 0.25) is 10.0 Å². The van der Waals surface area contributed by atoms with Gasteiger partial charge in [0.05, 0.1) is 5.69 Å². The number of hydrogen-bond acceptors (Lipinski definition) is 4. The summed E-state index contributed by atoms with van der Waals surface area (Å²) in [6.45, 7) is 0.316. The first kappa shape index (κ1) is 15.4. The second-order valence-corrected chi connectivity index (χ2v) is 7.07. The fourth-order valence-electron chi connectivity index (χ4n) is 2.55. The lowest BCUT2D eigenvalue weighted by molar-refractivity contribution is 0.426. The molecular weight excluding hydrogens is 274 g/mol. The van der Waals surface area contributed by atoms with Gasteiger partial charge >= 0.3 is 0 Å². The highest BCUT2D eigenvalue weighted by Crippen LogP contribution is 2.19. The van der Waals surface area contributed by atoms with Crippen molar-refractivity contribution in [1.82, 2.24) is 9.71 Å². The molecule has 112 valence electrons. The number of aromatic nitrogens is 1. The maximum absolute atomic E-state index is 12.3. The fraction of sp³-hybridized carbons (Fsp3) is 0.643. The quantitative estimate of drug-likeness (QED) is 0.889. The van der Waals surface area contributed by atoms with Gasteiger partial charge in [-0.1, -0.05) is 32.1 Å². The molecule has 0 radical (unpaired) electrons. The molecule has 0 aliphatic heterocycles. The van der Waals surface area contributed by atoms with Crippen molar-refractivity contribution in [2.24, 2.45) is 5.73 Å². The molecule has 0 saturated heterocycles. The van der Waals surface area contributed by atoms with Gasteiger partial charge in [0.1, 0.15) is 4.90 Å². The van der Waals surface area contributed by atoms with Crippen molar-refractivity contribution in [2.75, 3.05) is 0 Å². The maximum atomic E-state index is 12.3. The first-order chi connectivity index (χ1) is 9.62. The smallest absolute Gasteiger partial charge is 0.242 e. The zero-order chi connectivity index (χ0) is 14.4. The van der Waals surface area contributed by atoms with Gasteiger partial charge in [0.15, 0.2) is 0 Å². The van der Waals surface area contributed by atoms with Crippen LogP contribution >= 0.6 is 0 Å². The third-order valence-corrected chi connectivity index (χ3v) is 5.25. The van der Waals surface area contributed by atoms with Crippen molar-refractivity contribution in [3.8, 4) is 0 Å². The minimum atomic E-state index is -3.47. The van der Waals surface area contributed by atoms with Crippen molar-refractivity contribution >= 4 is 10.0 Å². The predicted octanol–water partition coefficient (Wildman–Crippen LogP) is 1.93. The number of pyridine rings is 1. The van der Waals surface area contributed by atoms with E-state index in [9.17, 15) is 8.42 Å². The molecule has 0 amide bonds. The van der Waals surface area contributed by atoms with Gasteiger partial charge in [-0.15, -0.1) is 0 Å². The molecule has 1 aromatic rings. The molecule has 2 rings (SSSR count). The van der Waals surface area contributed by atoms with Gasteiger partial charge in [0, 0.05) is 18.8 Å². The first-order valence-corrected chi connectivity index (χ1v) is 8.77. The Morgan fingerprint density at radius 3 is 2.35 bits per heavy atom. The van der Waals surface area contributed by atoms with E-state index in [1.54, 1.807) is 12.1 Å². The molecule has 0 atom stereocenters. The molecule has 1 aliphatic rings. The molecule has 0 spiro atoms. The molecule has 20 heavy (non-hydrogen) atoms. The highest BCUT2D eigenvalue weighted by atomic mass is 32.2. The van der Waals surface area contributed by atoms with E-state index in [1.165, 1.54) is 25.5 Å². The molecule has 1 heterocycles. The van der Waals surface area contributed by atoms with Crippen LogP contribution in [-0.2, 0) is 16.6 Å². The Bertz CT molecular complexity index is 506. The maximum Gasteiger partial charge on any atom is 0.242 e. The lowest BCUT2D eigenvalue weighted by Crippen LogP contribution is -2.35. The van der Waals surface area contributed by atoms with Crippen LogP contribution in [0.5, 0.6) is 0 Å². The lowest BCUT2D eigenvalue weighted by atomic mass is 9.97. The normalized spacial score (nSPS) is 18.4. The molecule has 5 nitrogen and oxygen atoms in total. The van der Waals surface area contributed by atoms with Crippen LogP contribution in [-0.4, -0.2) is 19.4 Å². The number of rotatable bonds is 4. The Morgan fingerprint density at radius 1 is 1.15 bits per heavy atom. The topological polar surface area (TPSA) is 85.1 Å². The van der Waals surface area contributed by atoms with Crippen LogP contribution in [0.1, 0.15) is 50.6 Å². The second-order valence-electron chi connectivity index (χ2n) is 5.35. The molecule has 0 aromatic carbocycles. The summed E-state index contributed by atoms with van der Waals surface area (Å²) in [4.78, 5) is 4.27. The minimum absolute atomic E-state index is 0.0504. The molecule has 0 unspecified atom stereocenters. The monoisotopic (exact) mass is 297 g/mol. The van der Waals surface area contributed by atoms with Crippen LogP contribution in [0.15, 0.2) is 23.2 Å². The third-order valence-electron chi connectivity index (χ3n) is 3.74. The van der Waals surface area contributed by atoms with Crippen LogP contribution in [0, 0.1) is 0 Å². The van der Waals surface area contributed by atoms with Crippen molar-refractivity contribution < 1.29 is 8.42 Å². The Labute approximate surface area is 121 Å². The van der Waals surface area contributed by atoms with Crippen LogP contribution < -0.4 is 10.5 Å². The van der Waals surface area contributed by atoms with Crippen molar-refractivity contribution in [1.29, 1.82) is 0 Å². The molecule has 1 aliphatic carbocycles. The number of sulfonamides is 1. The number of nitrogens with two attached hydrogens (primary N) is 1. The van der Waals surface area contributed by atoms with E-state index in [4.69, 9.17) is 5.73 Å². The van der Waals surface area contributed by atoms with Gasteiger partial charge in [-0.2, -0.15) is 0 Å². The summed E-state index contributed by atoms with van der Waals surface area (Å²) in [7, 11) is -3.47. The Balaban J connectivity index is 2.04. The van der Waals surface area contributed by atoms with Crippen LogP contribution in [0.3, 0.4) is 0 Å². The highest BCUT2D eigenvalue weighted by molar-refractivity contribution is 7.89. The van der Waals surface area contributed by atoms with Gasteiger partial charge in [-0.25, -0.2) is 13.1 Å². The highest BCUT2D eigenvalue weighted by Gasteiger charge is 2.20. The summed E-state index contributed by atoms with van der Waals surface area (Å²) < 4.78 is 27.4. The summed E-state index contributed by atoms with van der Waals surface area (Å²) >= 11 is 0. The average molecular weight is 297 g/mol. The fourth-order valence-corrected chi connectivity index (χ4v) is 3.80. The van der Waals surface area contributed by atoms with Gasteiger partial charge in [-0.05, 0) is 25.0 Å². The summed E-state index contributed by atoms with van der Waals surface area (Å²) in [6, 6.07) is 3.28. The number of nitrogens with one attached hydrogen (secondary N) is 1. The van der Waals surface area contributed by atoms with Gasteiger partial charge in [-0.3, -0.25) is 4.98 Å². The van der Waals surface area contributed by atoms with Crippen molar-refractivity contribution in [2.45, 2.75) is 62.4 Å². The van der Waals surface area contributed by atoms with Crippen LogP contribution in [0.25, 0.3) is 0 Å². The standard InChI is InChI=1S/C14H23N3O2S/c15-10-13-8-9-14(11-16-13)20(18,19)17-12-6-4-2-1-3-5-7-12/h8-9,11-12,17H,1-7,10,15H2. The zero-order valence-electron chi connectivity index (χ0n) is 11.7. The van der Waals surface area contributed by atoms with Gasteiger partial charge < -0.3 is 5.73 Å². The Hall–Kier alpha value is -0.980. The second kappa shape index (κ2) is 7.15. The van der Waals surface area contributed by atoms with Crippen LogP contribution in [0.4, 0.5) is 0 Å². The SMILES string of the molecule is NCc1ccc(S(=O)(=O)NC2CCCCCCC2)cn1.